The lowest BCUT2D eigenvalue weighted by molar-refractivity contribution is 0.0692. The number of likely N-dealkylation sites (tertiary alicyclic amines) is 1. The Morgan fingerprint density at radius 1 is 1.29 bits per heavy atom. The number of nitrogens with zero attached hydrogens (tertiary/aromatic N) is 2. The lowest BCUT2D eigenvalue weighted by Gasteiger charge is -2.28. The maximum absolute atomic E-state index is 14.3. The topological polar surface area (TPSA) is 90.3 Å². The highest BCUT2D eigenvalue weighted by Gasteiger charge is 2.46. The molecule has 2 fully saturated rings. The molecular weight excluding hydrogens is 459 g/mol. The van der Waals surface area contributed by atoms with E-state index in [1.54, 1.807) is 12.1 Å². The van der Waals surface area contributed by atoms with Crippen molar-refractivity contribution in [1.29, 1.82) is 0 Å². The number of anilines is 2. The Morgan fingerprint density at radius 3 is 2.82 bits per heavy atom. The lowest BCUT2D eigenvalue weighted by atomic mass is 9.98. The van der Waals surface area contributed by atoms with Crippen LogP contribution in [0.1, 0.15) is 60.0 Å². The van der Waals surface area contributed by atoms with Crippen molar-refractivity contribution in [1.82, 2.24) is 4.90 Å². The maximum Gasteiger partial charge on any atom is 0.341 e. The normalized spacial score (nSPS) is 24.1. The van der Waals surface area contributed by atoms with Crippen molar-refractivity contribution in [3.05, 3.63) is 52.8 Å². The Labute approximate surface area is 200 Å². The molecule has 3 aliphatic rings. The molecule has 2 heterocycles. The summed E-state index contributed by atoms with van der Waals surface area (Å²) in [6.45, 7) is 4.56. The maximum atomic E-state index is 14.3. The van der Waals surface area contributed by atoms with Gasteiger partial charge in [-0.15, -0.1) is 0 Å². The van der Waals surface area contributed by atoms with Gasteiger partial charge in [-0.25, -0.2) is 17.7 Å². The molecule has 1 saturated heterocycles. The number of fused-ring (bicyclic) bond motifs is 3. The van der Waals surface area contributed by atoms with Crippen LogP contribution in [0.25, 0.3) is 0 Å². The number of carboxylic acids is 1. The molecular formula is C25H29FN2O5S. The number of hydrogen-bond donors (Lipinski definition) is 2. The van der Waals surface area contributed by atoms with E-state index >= 15 is 0 Å². The fourth-order valence-electron chi connectivity index (χ4n) is 5.63. The van der Waals surface area contributed by atoms with E-state index in [9.17, 15) is 23.1 Å². The summed E-state index contributed by atoms with van der Waals surface area (Å²) in [6.07, 6.45) is 4.45. The van der Waals surface area contributed by atoms with Gasteiger partial charge in [0.25, 0.3) is 11.3 Å². The summed E-state index contributed by atoms with van der Waals surface area (Å²) in [4.78, 5) is 14.7. The second-order valence-corrected chi connectivity index (χ2v) is 10.2. The number of aromatic carboxylic acids is 1. The van der Waals surface area contributed by atoms with Crippen LogP contribution in [0.15, 0.2) is 30.3 Å². The molecule has 5 rings (SSSR count). The van der Waals surface area contributed by atoms with Gasteiger partial charge < -0.3 is 14.7 Å². The minimum absolute atomic E-state index is 0.0649. The van der Waals surface area contributed by atoms with E-state index in [-0.39, 0.29) is 22.9 Å². The predicted molar refractivity (Wildman–Crippen MR) is 128 cm³/mol. The summed E-state index contributed by atoms with van der Waals surface area (Å²) >= 11 is -2.58. The van der Waals surface area contributed by atoms with E-state index in [4.69, 9.17) is 4.74 Å². The van der Waals surface area contributed by atoms with Crippen LogP contribution >= 0.6 is 0 Å². The van der Waals surface area contributed by atoms with Crippen molar-refractivity contribution < 1.29 is 27.8 Å². The third kappa shape index (κ3) is 4.21. The molecule has 7 nitrogen and oxygen atoms in total. The summed E-state index contributed by atoms with van der Waals surface area (Å²) in [5.41, 5.74) is 1.67. The molecule has 1 saturated carbocycles. The van der Waals surface area contributed by atoms with Gasteiger partial charge >= 0.3 is 5.97 Å². The fourth-order valence-corrected chi connectivity index (χ4v) is 6.29. The third-order valence-corrected chi connectivity index (χ3v) is 8.14. The van der Waals surface area contributed by atoms with Gasteiger partial charge in [0.1, 0.15) is 17.1 Å². The molecule has 2 aromatic rings. The third-order valence-electron chi connectivity index (χ3n) is 7.43. The molecule has 0 radical (unpaired) electrons. The van der Waals surface area contributed by atoms with Crippen LogP contribution in [0, 0.1) is 11.7 Å². The first-order valence-corrected chi connectivity index (χ1v) is 12.9. The summed E-state index contributed by atoms with van der Waals surface area (Å²) < 4.78 is 44.1. The van der Waals surface area contributed by atoms with Crippen LogP contribution in [-0.2, 0) is 17.7 Å². The van der Waals surface area contributed by atoms with Gasteiger partial charge in [0, 0.05) is 12.0 Å². The van der Waals surface area contributed by atoms with Gasteiger partial charge in [-0.05, 0) is 86.5 Å². The van der Waals surface area contributed by atoms with Crippen LogP contribution < -0.4 is 9.04 Å². The average Bonchev–Trinajstić information content (AvgIpc) is 3.47. The summed E-state index contributed by atoms with van der Waals surface area (Å²) in [6, 6.07) is 7.81. The van der Waals surface area contributed by atoms with E-state index in [0.29, 0.717) is 36.2 Å². The number of rotatable bonds is 8. The quantitative estimate of drug-likeness (QED) is 0.523. The number of carbonyl (C=O) groups is 1. The molecule has 2 N–H and O–H groups in total. The molecule has 34 heavy (non-hydrogen) atoms. The Bertz CT molecular complexity index is 1140. The standard InChI is InChI=1S/C25H29FN2O5S/c1-2-27-11-3-4-18(27)7-5-15-12-17(26)6-9-21(15)28(34(31)32)22-10-8-19-20-13-16(20)14-33-24(19)23(22)25(29)30/h6,8-10,12,16,18,20H,2-5,7,11,13-14H2,1H3,(H,29,30)(H,31,32)/t16-,18+,20-/m0/s1. The van der Waals surface area contributed by atoms with Gasteiger partial charge in [-0.2, -0.15) is 0 Å². The Morgan fingerprint density at radius 2 is 2.09 bits per heavy atom. The fraction of sp³-hybridized carbons (Fsp3) is 0.480. The summed E-state index contributed by atoms with van der Waals surface area (Å²) in [5.74, 6) is -0.710. The van der Waals surface area contributed by atoms with Crippen LogP contribution in [-0.4, -0.2) is 50.5 Å². The highest BCUT2D eigenvalue weighted by atomic mass is 32.2. The van der Waals surface area contributed by atoms with Crippen molar-refractivity contribution >= 4 is 28.6 Å². The highest BCUT2D eigenvalue weighted by molar-refractivity contribution is 7.81. The minimum Gasteiger partial charge on any atom is -0.492 e. The lowest BCUT2D eigenvalue weighted by Crippen LogP contribution is -2.29. The molecule has 9 heteroatoms. The van der Waals surface area contributed by atoms with Crippen molar-refractivity contribution in [2.75, 3.05) is 24.0 Å². The summed E-state index contributed by atoms with van der Waals surface area (Å²) in [7, 11) is 0. The molecule has 1 unspecified atom stereocenters. The Balaban J connectivity index is 1.54. The molecule has 4 atom stereocenters. The largest absolute Gasteiger partial charge is 0.492 e. The summed E-state index contributed by atoms with van der Waals surface area (Å²) in [5, 5.41) is 10.1. The minimum atomic E-state index is -2.58. The monoisotopic (exact) mass is 488 g/mol. The van der Waals surface area contributed by atoms with Crippen LogP contribution in [0.4, 0.5) is 15.8 Å². The van der Waals surface area contributed by atoms with E-state index in [1.807, 2.05) is 0 Å². The van der Waals surface area contributed by atoms with Crippen molar-refractivity contribution in [2.24, 2.45) is 5.92 Å². The molecule has 1 aliphatic carbocycles. The number of aryl methyl sites for hydroxylation is 1. The van der Waals surface area contributed by atoms with Gasteiger partial charge in [-0.1, -0.05) is 13.0 Å². The van der Waals surface area contributed by atoms with Crippen LogP contribution in [0.3, 0.4) is 0 Å². The molecule has 2 aliphatic heterocycles. The molecule has 0 amide bonds. The molecule has 0 spiro atoms. The van der Waals surface area contributed by atoms with E-state index in [0.717, 1.165) is 48.6 Å². The first-order valence-electron chi connectivity index (χ1n) is 11.9. The number of halogens is 1. The Hall–Kier alpha value is -2.49. The molecule has 2 aromatic carbocycles. The van der Waals surface area contributed by atoms with Crippen molar-refractivity contribution in [3.63, 3.8) is 0 Å². The number of carboxylic acid groups (broad SMARTS) is 1. The number of ether oxygens (including phenoxy) is 1. The van der Waals surface area contributed by atoms with Crippen LogP contribution in [0.5, 0.6) is 5.75 Å². The van der Waals surface area contributed by atoms with Gasteiger partial charge in [0.05, 0.1) is 18.0 Å². The second kappa shape index (κ2) is 9.28. The van der Waals surface area contributed by atoms with E-state index in [1.165, 1.54) is 18.2 Å². The zero-order valence-electron chi connectivity index (χ0n) is 19.1. The van der Waals surface area contributed by atoms with Gasteiger partial charge in [-0.3, -0.25) is 4.55 Å². The number of benzene rings is 2. The first-order chi connectivity index (χ1) is 16.4. The zero-order chi connectivity index (χ0) is 24.0. The average molecular weight is 489 g/mol. The second-order valence-electron chi connectivity index (χ2n) is 9.36. The number of hydrogen-bond acceptors (Lipinski definition) is 4. The van der Waals surface area contributed by atoms with Crippen LogP contribution in [0.2, 0.25) is 0 Å². The SMILES string of the molecule is CCN1CCC[C@@H]1CCc1cc(F)ccc1N(c1ccc2c(c1C(=O)O)OC[C@@H]1C[C@H]21)S(=O)O. The van der Waals surface area contributed by atoms with Gasteiger partial charge in [0.2, 0.25) is 0 Å². The van der Waals surface area contributed by atoms with Crippen molar-refractivity contribution in [2.45, 2.75) is 51.0 Å². The van der Waals surface area contributed by atoms with Crippen molar-refractivity contribution in [3.8, 4) is 5.75 Å². The molecule has 0 aromatic heterocycles. The smallest absolute Gasteiger partial charge is 0.341 e. The molecule has 0 bridgehead atoms. The van der Waals surface area contributed by atoms with E-state index in [2.05, 4.69) is 11.8 Å². The zero-order valence-corrected chi connectivity index (χ0v) is 19.9. The predicted octanol–water partition coefficient (Wildman–Crippen LogP) is 4.71. The highest BCUT2D eigenvalue weighted by Crippen LogP contribution is 2.56. The van der Waals surface area contributed by atoms with Gasteiger partial charge in [0.15, 0.2) is 0 Å². The van der Waals surface area contributed by atoms with E-state index < -0.39 is 23.1 Å². The first kappa shape index (κ1) is 23.3. The Kier molecular flexibility index (Phi) is 6.35. The molecule has 182 valence electrons.